The van der Waals surface area contributed by atoms with Crippen LogP contribution in [0.5, 0.6) is 0 Å². The number of imidazole rings is 1. The van der Waals surface area contributed by atoms with Gasteiger partial charge in [-0.15, -0.1) is 0 Å². The second kappa shape index (κ2) is 8.51. The first kappa shape index (κ1) is 22.8. The molecule has 1 aliphatic heterocycles. The molecule has 2 aromatic heterocycles. The van der Waals surface area contributed by atoms with Gasteiger partial charge >= 0.3 is 6.18 Å². The van der Waals surface area contributed by atoms with Gasteiger partial charge in [-0.25, -0.2) is 4.98 Å². The third kappa shape index (κ3) is 4.18. The lowest BCUT2D eigenvalue weighted by molar-refractivity contribution is -0.147. The molecule has 1 saturated heterocycles. The maximum absolute atomic E-state index is 13.7. The highest BCUT2D eigenvalue weighted by Gasteiger charge is 2.40. The first-order valence-electron chi connectivity index (χ1n) is 10.7. The van der Waals surface area contributed by atoms with E-state index in [1.807, 2.05) is 4.90 Å². The topological polar surface area (TPSA) is 106 Å². The van der Waals surface area contributed by atoms with E-state index in [-0.39, 0.29) is 29.7 Å². The monoisotopic (exact) mass is 459 g/mol. The third-order valence-corrected chi connectivity index (χ3v) is 5.76. The van der Waals surface area contributed by atoms with Gasteiger partial charge in [0, 0.05) is 25.2 Å². The standard InChI is InChI=1S/C22H24F3N7O/c1-13(2)32-18-17(28-20(32)22(23,24)25)19(33)31(11-15-7-4-3-6-14(15)10-26)21(29-18)30-9-5-8-16(27)12-30/h3-4,6-7,13,16H,5,8-9,11-12,27H2,1-2H3/t16-/m0/s1. The van der Waals surface area contributed by atoms with Crippen molar-refractivity contribution in [1.82, 2.24) is 19.1 Å². The first-order chi connectivity index (χ1) is 15.6. The Balaban J connectivity index is 2.00. The summed E-state index contributed by atoms with van der Waals surface area (Å²) in [6.07, 6.45) is -3.17. The number of anilines is 1. The molecule has 3 aromatic rings. The number of hydrogen-bond donors (Lipinski definition) is 1. The fourth-order valence-corrected chi connectivity index (χ4v) is 4.25. The van der Waals surface area contributed by atoms with Crippen molar-refractivity contribution in [3.05, 3.63) is 51.6 Å². The van der Waals surface area contributed by atoms with E-state index < -0.39 is 23.6 Å². The van der Waals surface area contributed by atoms with Crippen molar-refractivity contribution < 1.29 is 13.2 Å². The Morgan fingerprint density at radius 3 is 2.64 bits per heavy atom. The van der Waals surface area contributed by atoms with Gasteiger partial charge in [0.2, 0.25) is 11.8 Å². The molecule has 0 aliphatic carbocycles. The fourth-order valence-electron chi connectivity index (χ4n) is 4.25. The van der Waals surface area contributed by atoms with E-state index in [0.29, 0.717) is 24.2 Å². The minimum atomic E-state index is -4.75. The van der Waals surface area contributed by atoms with Crippen molar-refractivity contribution in [2.45, 2.75) is 51.5 Å². The zero-order valence-electron chi connectivity index (χ0n) is 18.3. The number of nitriles is 1. The number of halogens is 3. The van der Waals surface area contributed by atoms with Crippen molar-refractivity contribution in [2.24, 2.45) is 5.73 Å². The number of hydrogen-bond acceptors (Lipinski definition) is 6. The van der Waals surface area contributed by atoms with Gasteiger partial charge in [-0.05, 0) is 38.3 Å². The molecule has 0 unspecified atom stereocenters. The maximum atomic E-state index is 13.7. The molecule has 4 rings (SSSR count). The van der Waals surface area contributed by atoms with Gasteiger partial charge in [-0.1, -0.05) is 18.2 Å². The lowest BCUT2D eigenvalue weighted by Gasteiger charge is -2.33. The highest BCUT2D eigenvalue weighted by atomic mass is 19.4. The van der Waals surface area contributed by atoms with Crippen LogP contribution < -0.4 is 16.2 Å². The van der Waals surface area contributed by atoms with Crippen LogP contribution in [-0.2, 0) is 12.7 Å². The number of nitrogens with zero attached hydrogens (tertiary/aromatic N) is 6. The molecule has 33 heavy (non-hydrogen) atoms. The molecule has 0 saturated carbocycles. The highest BCUT2D eigenvalue weighted by molar-refractivity contribution is 5.73. The Morgan fingerprint density at radius 2 is 2.00 bits per heavy atom. The van der Waals surface area contributed by atoms with Crippen LogP contribution in [0.25, 0.3) is 11.2 Å². The number of benzene rings is 1. The van der Waals surface area contributed by atoms with E-state index in [4.69, 9.17) is 5.73 Å². The number of nitrogens with two attached hydrogens (primary N) is 1. The lowest BCUT2D eigenvalue weighted by Crippen LogP contribution is -2.45. The minimum Gasteiger partial charge on any atom is -0.341 e. The summed E-state index contributed by atoms with van der Waals surface area (Å²) < 4.78 is 43.5. The largest absolute Gasteiger partial charge is 0.449 e. The van der Waals surface area contributed by atoms with E-state index in [9.17, 15) is 23.2 Å². The quantitative estimate of drug-likeness (QED) is 0.643. The van der Waals surface area contributed by atoms with Crippen molar-refractivity contribution in [1.29, 1.82) is 5.26 Å². The van der Waals surface area contributed by atoms with Crippen molar-refractivity contribution in [3.63, 3.8) is 0 Å². The highest BCUT2D eigenvalue weighted by Crippen LogP contribution is 2.33. The molecule has 1 aromatic carbocycles. The van der Waals surface area contributed by atoms with Gasteiger partial charge < -0.3 is 15.2 Å². The first-order valence-corrected chi connectivity index (χ1v) is 10.7. The number of rotatable bonds is 4. The number of aromatic nitrogens is 4. The molecule has 3 heterocycles. The summed E-state index contributed by atoms with van der Waals surface area (Å²) in [6, 6.07) is 8.09. The third-order valence-electron chi connectivity index (χ3n) is 5.76. The molecular weight excluding hydrogens is 435 g/mol. The van der Waals surface area contributed by atoms with Crippen LogP contribution >= 0.6 is 0 Å². The Labute approximate surface area is 188 Å². The van der Waals surface area contributed by atoms with Gasteiger partial charge in [0.05, 0.1) is 18.2 Å². The molecule has 1 fully saturated rings. The minimum absolute atomic E-state index is 0.0253. The van der Waals surface area contributed by atoms with Gasteiger partial charge in [-0.2, -0.15) is 23.4 Å². The van der Waals surface area contributed by atoms with Crippen LogP contribution in [0.3, 0.4) is 0 Å². The molecular formula is C22H24F3N7O. The van der Waals surface area contributed by atoms with Gasteiger partial charge in [0.25, 0.3) is 5.56 Å². The van der Waals surface area contributed by atoms with E-state index in [0.717, 1.165) is 17.4 Å². The second-order valence-electron chi connectivity index (χ2n) is 8.49. The molecule has 0 spiro atoms. The Hall–Kier alpha value is -3.39. The molecule has 174 valence electrons. The van der Waals surface area contributed by atoms with Crippen molar-refractivity contribution in [3.8, 4) is 6.07 Å². The van der Waals surface area contributed by atoms with Gasteiger partial charge in [-0.3, -0.25) is 9.36 Å². The number of alkyl halides is 3. The van der Waals surface area contributed by atoms with Crippen LogP contribution in [0.1, 0.15) is 49.7 Å². The molecule has 0 amide bonds. The maximum Gasteiger partial charge on any atom is 0.449 e. The lowest BCUT2D eigenvalue weighted by atomic mass is 10.1. The Bertz CT molecular complexity index is 1290. The zero-order chi connectivity index (χ0) is 23.9. The zero-order valence-corrected chi connectivity index (χ0v) is 18.3. The van der Waals surface area contributed by atoms with Gasteiger partial charge in [0.1, 0.15) is 0 Å². The summed E-state index contributed by atoms with van der Waals surface area (Å²) in [7, 11) is 0. The van der Waals surface area contributed by atoms with Crippen molar-refractivity contribution in [2.75, 3.05) is 18.0 Å². The van der Waals surface area contributed by atoms with E-state index >= 15 is 0 Å². The van der Waals surface area contributed by atoms with Crippen LogP contribution in [0.4, 0.5) is 19.1 Å². The average molecular weight is 459 g/mol. The number of fused-ring (bicyclic) bond motifs is 1. The predicted molar refractivity (Wildman–Crippen MR) is 117 cm³/mol. The van der Waals surface area contributed by atoms with Gasteiger partial charge in [0.15, 0.2) is 11.2 Å². The van der Waals surface area contributed by atoms with E-state index in [1.54, 1.807) is 38.1 Å². The van der Waals surface area contributed by atoms with E-state index in [2.05, 4.69) is 16.0 Å². The molecule has 1 aliphatic rings. The Morgan fingerprint density at radius 1 is 1.27 bits per heavy atom. The van der Waals surface area contributed by atoms with E-state index in [1.165, 1.54) is 4.57 Å². The Kier molecular flexibility index (Phi) is 5.88. The van der Waals surface area contributed by atoms with Crippen LogP contribution in [0.2, 0.25) is 0 Å². The van der Waals surface area contributed by atoms with Crippen LogP contribution in [0.15, 0.2) is 29.1 Å². The molecule has 0 radical (unpaired) electrons. The molecule has 0 bridgehead atoms. The van der Waals surface area contributed by atoms with Crippen LogP contribution in [-0.4, -0.2) is 38.2 Å². The predicted octanol–water partition coefficient (Wildman–Crippen LogP) is 3.04. The SMILES string of the molecule is CC(C)n1c(C(F)(F)F)nc2c(=O)n(Cc3ccccc3C#N)c(N3CCC[C@H](N)C3)nc21. The summed E-state index contributed by atoms with van der Waals surface area (Å²) in [5.41, 5.74) is 5.92. The second-order valence-corrected chi connectivity index (χ2v) is 8.49. The van der Waals surface area contributed by atoms with Crippen molar-refractivity contribution >= 4 is 17.1 Å². The summed E-state index contributed by atoms with van der Waals surface area (Å²) in [6.45, 7) is 4.13. The molecule has 1 atom stereocenters. The number of piperidine rings is 1. The molecule has 11 heteroatoms. The summed E-state index contributed by atoms with van der Waals surface area (Å²) >= 11 is 0. The molecule has 2 N–H and O–H groups in total. The fraction of sp³-hybridized carbons (Fsp3) is 0.455. The summed E-state index contributed by atoms with van der Waals surface area (Å²) in [5, 5.41) is 9.46. The van der Waals surface area contributed by atoms with Crippen LogP contribution in [0, 0.1) is 11.3 Å². The summed E-state index contributed by atoms with van der Waals surface area (Å²) in [4.78, 5) is 23.6. The molecule has 8 nitrogen and oxygen atoms in total. The average Bonchev–Trinajstić information content (AvgIpc) is 3.16. The summed E-state index contributed by atoms with van der Waals surface area (Å²) in [5.74, 6) is -0.931. The smallest absolute Gasteiger partial charge is 0.341 e. The normalized spacial score (nSPS) is 17.0.